The highest BCUT2D eigenvalue weighted by Gasteiger charge is 2.26. The van der Waals surface area contributed by atoms with E-state index in [1.54, 1.807) is 41.8 Å². The summed E-state index contributed by atoms with van der Waals surface area (Å²) in [6.07, 6.45) is 6.36. The Morgan fingerprint density at radius 2 is 1.90 bits per heavy atom. The molecule has 0 saturated carbocycles. The Hall–Kier alpha value is -4.14. The predicted octanol–water partition coefficient (Wildman–Crippen LogP) is 6.38. The van der Waals surface area contributed by atoms with Gasteiger partial charge in [0.25, 0.3) is 5.91 Å². The summed E-state index contributed by atoms with van der Waals surface area (Å²) in [6, 6.07) is 11.9. The Kier molecular flexibility index (Phi) is 8.42. The van der Waals surface area contributed by atoms with Gasteiger partial charge in [0.2, 0.25) is 0 Å². The summed E-state index contributed by atoms with van der Waals surface area (Å²) in [5, 5.41) is 4.71. The first kappa shape index (κ1) is 28.4. The highest BCUT2D eigenvalue weighted by atomic mass is 19.1. The number of amides is 1. The largest absolute Gasteiger partial charge is 0.462 e. The number of hydrogen-bond donors (Lipinski definition) is 0. The van der Waals surface area contributed by atoms with Crippen LogP contribution < -0.4 is 0 Å². The number of aromatic nitrogens is 4. The second-order valence-electron chi connectivity index (χ2n) is 11.1. The molecule has 4 heterocycles. The first-order valence-corrected chi connectivity index (χ1v) is 14.4. The summed E-state index contributed by atoms with van der Waals surface area (Å²) in [6.45, 7) is 9.07. The van der Waals surface area contributed by atoms with Gasteiger partial charge < -0.3 is 9.64 Å². The van der Waals surface area contributed by atoms with Crippen molar-refractivity contribution in [1.82, 2.24) is 24.5 Å². The van der Waals surface area contributed by atoms with E-state index in [1.165, 1.54) is 12.3 Å². The molecule has 1 aromatic carbocycles. The summed E-state index contributed by atoms with van der Waals surface area (Å²) in [7, 11) is 0. The van der Waals surface area contributed by atoms with Crippen molar-refractivity contribution < 1.29 is 18.7 Å². The molecule has 0 bridgehead atoms. The minimum atomic E-state index is -0.456. The van der Waals surface area contributed by atoms with Gasteiger partial charge in [0, 0.05) is 41.7 Å². The number of ether oxygens (including phenoxy) is 1. The maximum atomic E-state index is 15.5. The fourth-order valence-corrected chi connectivity index (χ4v) is 5.35. The second kappa shape index (κ2) is 12.2. The van der Waals surface area contributed by atoms with Gasteiger partial charge in [-0.05, 0) is 69.4 Å². The van der Waals surface area contributed by atoms with Crippen LogP contribution in [0, 0.1) is 11.7 Å². The number of halogens is 1. The summed E-state index contributed by atoms with van der Waals surface area (Å²) < 4.78 is 22.2. The van der Waals surface area contributed by atoms with Crippen LogP contribution in [-0.4, -0.2) is 55.6 Å². The molecule has 0 aliphatic carbocycles. The molecular weight excluding hydrogens is 521 g/mol. The Labute approximate surface area is 239 Å². The van der Waals surface area contributed by atoms with Crippen LogP contribution >= 0.6 is 0 Å². The molecule has 41 heavy (non-hydrogen) atoms. The number of pyridine rings is 1. The van der Waals surface area contributed by atoms with Crippen molar-refractivity contribution in [2.75, 3.05) is 13.2 Å². The number of carbonyl (C=O) groups is 2. The third-order valence-corrected chi connectivity index (χ3v) is 7.47. The zero-order chi connectivity index (χ0) is 29.1. The Morgan fingerprint density at radius 3 is 2.61 bits per heavy atom. The minimum absolute atomic E-state index is 0.0633. The molecule has 1 saturated heterocycles. The van der Waals surface area contributed by atoms with Crippen LogP contribution in [0.25, 0.3) is 28.2 Å². The molecule has 1 atom stereocenters. The van der Waals surface area contributed by atoms with Crippen LogP contribution in [0.3, 0.4) is 0 Å². The van der Waals surface area contributed by atoms with Crippen molar-refractivity contribution in [2.24, 2.45) is 5.92 Å². The molecule has 1 aliphatic rings. The third-order valence-electron chi connectivity index (χ3n) is 7.47. The van der Waals surface area contributed by atoms with Crippen molar-refractivity contribution in [1.29, 1.82) is 0 Å². The monoisotopic (exact) mass is 557 g/mol. The average Bonchev–Trinajstić information content (AvgIpc) is 3.27. The molecule has 0 radical (unpaired) electrons. The molecule has 0 N–H and O–H groups in total. The van der Waals surface area contributed by atoms with E-state index in [1.807, 2.05) is 11.0 Å². The van der Waals surface area contributed by atoms with Crippen molar-refractivity contribution >= 4 is 17.5 Å². The van der Waals surface area contributed by atoms with Gasteiger partial charge in [-0.25, -0.2) is 18.7 Å². The zero-order valence-corrected chi connectivity index (χ0v) is 24.1. The Balaban J connectivity index is 1.48. The Morgan fingerprint density at radius 1 is 1.07 bits per heavy atom. The lowest BCUT2D eigenvalue weighted by Crippen LogP contribution is -2.38. The molecule has 1 fully saturated rings. The SMILES string of the molecule is CCOC(=O)c1ccc(-c2ccc(-c3cc4nc(C(=O)N5CCCCC[C@H]5C)cc(CC(C)C)n4n3)c(F)c2)nc1. The van der Waals surface area contributed by atoms with Crippen LogP contribution in [0.1, 0.15) is 79.9 Å². The molecular formula is C32H36FN5O3. The number of likely N-dealkylation sites (tertiary alicyclic amines) is 1. The van der Waals surface area contributed by atoms with Gasteiger partial charge >= 0.3 is 5.97 Å². The van der Waals surface area contributed by atoms with E-state index >= 15 is 4.39 Å². The normalized spacial score (nSPS) is 15.8. The van der Waals surface area contributed by atoms with E-state index in [4.69, 9.17) is 14.8 Å². The zero-order valence-electron chi connectivity index (χ0n) is 24.1. The lowest BCUT2D eigenvalue weighted by atomic mass is 10.1. The van der Waals surface area contributed by atoms with Crippen LogP contribution in [0.2, 0.25) is 0 Å². The number of esters is 1. The highest BCUT2D eigenvalue weighted by Crippen LogP contribution is 2.28. The first-order valence-electron chi connectivity index (χ1n) is 14.4. The lowest BCUT2D eigenvalue weighted by Gasteiger charge is -2.27. The molecule has 1 aliphatic heterocycles. The topological polar surface area (TPSA) is 89.7 Å². The van der Waals surface area contributed by atoms with Crippen molar-refractivity contribution in [3.05, 3.63) is 71.4 Å². The molecule has 1 amide bonds. The molecule has 9 heteroatoms. The van der Waals surface area contributed by atoms with Gasteiger partial charge in [0.15, 0.2) is 5.65 Å². The number of benzene rings is 1. The average molecular weight is 558 g/mol. The quantitative estimate of drug-likeness (QED) is 0.245. The van der Waals surface area contributed by atoms with Gasteiger partial charge in [-0.1, -0.05) is 32.8 Å². The molecule has 0 spiro atoms. The Bertz CT molecular complexity index is 1560. The van der Waals surface area contributed by atoms with Gasteiger partial charge in [-0.3, -0.25) is 9.78 Å². The number of rotatable bonds is 7. The maximum Gasteiger partial charge on any atom is 0.339 e. The summed E-state index contributed by atoms with van der Waals surface area (Å²) in [4.78, 5) is 36.4. The van der Waals surface area contributed by atoms with E-state index in [0.29, 0.717) is 51.8 Å². The van der Waals surface area contributed by atoms with Gasteiger partial charge in [-0.2, -0.15) is 5.10 Å². The summed E-state index contributed by atoms with van der Waals surface area (Å²) in [5.41, 5.74) is 3.99. The van der Waals surface area contributed by atoms with Crippen LogP contribution in [0.4, 0.5) is 4.39 Å². The standard InChI is InChI=1S/C32H36FN5O3/c1-5-41-32(40)23-11-13-27(34-19-23)22-10-12-25(26(33)16-22)28-18-30-35-29(17-24(15-20(2)3)38(30)36-28)31(39)37-14-8-6-7-9-21(37)4/h10-13,16-21H,5-9,14-15H2,1-4H3/t21-/m1/s1. The fourth-order valence-electron chi connectivity index (χ4n) is 5.35. The van der Waals surface area contributed by atoms with Crippen molar-refractivity contribution in [3.63, 3.8) is 0 Å². The summed E-state index contributed by atoms with van der Waals surface area (Å²) in [5.74, 6) is -0.642. The van der Waals surface area contributed by atoms with Gasteiger partial charge in [0.05, 0.1) is 23.6 Å². The van der Waals surface area contributed by atoms with Crippen LogP contribution in [-0.2, 0) is 11.2 Å². The predicted molar refractivity (Wildman–Crippen MR) is 155 cm³/mol. The van der Waals surface area contributed by atoms with Crippen molar-refractivity contribution in [2.45, 2.75) is 65.8 Å². The molecule has 214 valence electrons. The van der Waals surface area contributed by atoms with E-state index in [-0.39, 0.29) is 18.6 Å². The van der Waals surface area contributed by atoms with Crippen LogP contribution in [0.15, 0.2) is 48.7 Å². The second-order valence-corrected chi connectivity index (χ2v) is 11.1. The number of nitrogens with zero attached hydrogens (tertiary/aromatic N) is 5. The molecule has 0 unspecified atom stereocenters. The third kappa shape index (κ3) is 6.14. The van der Waals surface area contributed by atoms with E-state index in [0.717, 1.165) is 37.9 Å². The van der Waals surface area contributed by atoms with E-state index in [9.17, 15) is 9.59 Å². The molecule has 8 nitrogen and oxygen atoms in total. The number of hydrogen-bond acceptors (Lipinski definition) is 6. The van der Waals surface area contributed by atoms with E-state index < -0.39 is 11.8 Å². The lowest BCUT2D eigenvalue weighted by molar-refractivity contribution is 0.0525. The highest BCUT2D eigenvalue weighted by molar-refractivity contribution is 5.93. The molecule has 5 rings (SSSR count). The summed E-state index contributed by atoms with van der Waals surface area (Å²) >= 11 is 0. The minimum Gasteiger partial charge on any atom is -0.462 e. The fraction of sp³-hybridized carbons (Fsp3) is 0.406. The molecule has 3 aromatic heterocycles. The van der Waals surface area contributed by atoms with Gasteiger partial charge in [0.1, 0.15) is 11.5 Å². The van der Waals surface area contributed by atoms with E-state index in [2.05, 4.69) is 25.8 Å². The number of fused-ring (bicyclic) bond motifs is 1. The smallest absolute Gasteiger partial charge is 0.339 e. The number of carbonyl (C=O) groups excluding carboxylic acids is 2. The van der Waals surface area contributed by atoms with Crippen LogP contribution in [0.5, 0.6) is 0 Å². The van der Waals surface area contributed by atoms with Gasteiger partial charge in [-0.15, -0.1) is 0 Å². The maximum absolute atomic E-state index is 15.5. The first-order chi connectivity index (χ1) is 19.7. The molecule has 4 aromatic rings. The van der Waals surface area contributed by atoms with Crippen molar-refractivity contribution in [3.8, 4) is 22.5 Å².